The van der Waals surface area contributed by atoms with E-state index in [1.807, 2.05) is 24.3 Å². The fourth-order valence-corrected chi connectivity index (χ4v) is 3.18. The van der Waals surface area contributed by atoms with E-state index in [1.54, 1.807) is 18.3 Å². The lowest BCUT2D eigenvalue weighted by atomic mass is 10.0. The number of pyridine rings is 1. The van der Waals surface area contributed by atoms with Crippen molar-refractivity contribution in [2.75, 3.05) is 6.61 Å². The van der Waals surface area contributed by atoms with Crippen LogP contribution in [-0.2, 0) is 4.79 Å². The maximum Gasteiger partial charge on any atom is 0.224 e. The smallest absolute Gasteiger partial charge is 0.224 e. The number of amides is 1. The second-order valence-electron chi connectivity index (χ2n) is 6.00. The van der Waals surface area contributed by atoms with Crippen LogP contribution in [0.3, 0.4) is 0 Å². The maximum atomic E-state index is 12.4. The molecule has 1 aliphatic rings. The summed E-state index contributed by atoms with van der Waals surface area (Å²) in [5.74, 6) is -0.268. The lowest BCUT2D eigenvalue weighted by molar-refractivity contribution is -0.124. The Kier molecular flexibility index (Phi) is 5.14. The van der Waals surface area contributed by atoms with Crippen LogP contribution >= 0.6 is 11.6 Å². The van der Waals surface area contributed by atoms with Gasteiger partial charge < -0.3 is 15.5 Å². The summed E-state index contributed by atoms with van der Waals surface area (Å²) in [7, 11) is 0. The molecule has 0 bridgehead atoms. The van der Waals surface area contributed by atoms with Crippen molar-refractivity contribution in [2.45, 2.75) is 24.5 Å². The van der Waals surface area contributed by atoms with E-state index in [4.69, 9.17) is 11.6 Å². The molecule has 1 fully saturated rings. The average molecular weight is 347 g/mol. The van der Waals surface area contributed by atoms with Crippen molar-refractivity contribution >= 4 is 17.5 Å². The van der Waals surface area contributed by atoms with Crippen LogP contribution in [0.15, 0.2) is 48.8 Å². The maximum absolute atomic E-state index is 12.4. The van der Waals surface area contributed by atoms with Crippen molar-refractivity contribution in [3.8, 4) is 0 Å². The summed E-state index contributed by atoms with van der Waals surface area (Å²) >= 11 is 6.17. The minimum Gasteiger partial charge on any atom is -0.394 e. The molecule has 2 aromatic rings. The van der Waals surface area contributed by atoms with Gasteiger partial charge in [-0.2, -0.15) is 0 Å². The van der Waals surface area contributed by atoms with Crippen molar-refractivity contribution in [1.29, 1.82) is 0 Å². The van der Waals surface area contributed by atoms with E-state index in [-0.39, 0.29) is 24.3 Å². The molecule has 5 nitrogen and oxygen atoms in total. The van der Waals surface area contributed by atoms with Gasteiger partial charge >= 0.3 is 0 Å². The van der Waals surface area contributed by atoms with Gasteiger partial charge in [0, 0.05) is 28.9 Å². The van der Waals surface area contributed by atoms with Gasteiger partial charge in [-0.1, -0.05) is 35.9 Å². The molecule has 1 aromatic heterocycles. The van der Waals surface area contributed by atoms with Crippen molar-refractivity contribution in [1.82, 2.24) is 10.3 Å². The normalized spacial score (nSPS) is 21.8. The van der Waals surface area contributed by atoms with E-state index in [9.17, 15) is 15.0 Å². The standard InChI is InChI=1S/C18H19ClN2O3/c19-15-6-2-1-5-12(15)13-8-14(13)18(24)21-16(10-22)17(23)11-4-3-7-20-9-11/h1-7,9,13-14,16-17,22-23H,8,10H2,(H,21,24)/t13-,14+,16?,17?/m0/s1. The van der Waals surface area contributed by atoms with Crippen LogP contribution in [-0.4, -0.2) is 33.8 Å². The Labute approximate surface area is 145 Å². The first-order chi connectivity index (χ1) is 11.6. The van der Waals surface area contributed by atoms with Crippen LogP contribution in [0.2, 0.25) is 5.02 Å². The molecular weight excluding hydrogens is 328 g/mol. The van der Waals surface area contributed by atoms with Crippen LogP contribution in [0, 0.1) is 5.92 Å². The van der Waals surface area contributed by atoms with E-state index in [0.29, 0.717) is 10.6 Å². The number of carbonyl (C=O) groups is 1. The highest BCUT2D eigenvalue weighted by molar-refractivity contribution is 6.31. The predicted octanol–water partition coefficient (Wildman–Crippen LogP) is 2.05. The Morgan fingerprint density at radius 2 is 2.12 bits per heavy atom. The molecule has 3 N–H and O–H groups in total. The van der Waals surface area contributed by atoms with E-state index >= 15 is 0 Å². The molecule has 0 saturated heterocycles. The Hall–Kier alpha value is -1.95. The summed E-state index contributed by atoms with van der Waals surface area (Å²) in [5.41, 5.74) is 1.52. The first kappa shape index (κ1) is 16.9. The molecular formula is C18H19ClN2O3. The summed E-state index contributed by atoms with van der Waals surface area (Å²) in [6.45, 7) is -0.356. The zero-order chi connectivity index (χ0) is 17.1. The summed E-state index contributed by atoms with van der Waals surface area (Å²) in [6.07, 6.45) is 2.83. The zero-order valence-corrected chi connectivity index (χ0v) is 13.7. The van der Waals surface area contributed by atoms with Gasteiger partial charge in [0.25, 0.3) is 0 Å². The molecule has 6 heteroatoms. The van der Waals surface area contributed by atoms with Crippen LogP contribution in [0.5, 0.6) is 0 Å². The quantitative estimate of drug-likeness (QED) is 0.747. The summed E-state index contributed by atoms with van der Waals surface area (Å²) in [6, 6.07) is 10.1. The lowest BCUT2D eigenvalue weighted by Gasteiger charge is -2.22. The Bertz CT molecular complexity index is 710. The largest absolute Gasteiger partial charge is 0.394 e. The molecule has 0 aliphatic heterocycles. The SMILES string of the molecule is O=C(NC(CO)C(O)c1cccnc1)[C@@H]1C[C@H]1c1ccccc1Cl. The molecule has 1 heterocycles. The van der Waals surface area contributed by atoms with Gasteiger partial charge in [-0.3, -0.25) is 9.78 Å². The third kappa shape index (κ3) is 3.59. The van der Waals surface area contributed by atoms with Crippen molar-refractivity contribution in [2.24, 2.45) is 5.92 Å². The number of nitrogens with zero attached hydrogens (tertiary/aromatic N) is 1. The fourth-order valence-electron chi connectivity index (χ4n) is 2.90. The minimum atomic E-state index is -1.01. The number of aromatic nitrogens is 1. The number of rotatable bonds is 6. The highest BCUT2D eigenvalue weighted by Gasteiger charge is 2.45. The molecule has 1 amide bonds. The number of hydrogen-bond acceptors (Lipinski definition) is 4. The minimum absolute atomic E-state index is 0.0913. The first-order valence-corrected chi connectivity index (χ1v) is 8.23. The monoisotopic (exact) mass is 346 g/mol. The van der Waals surface area contributed by atoms with Gasteiger partial charge in [-0.05, 0) is 30.0 Å². The van der Waals surface area contributed by atoms with Crippen LogP contribution in [0.1, 0.15) is 29.6 Å². The highest BCUT2D eigenvalue weighted by Crippen LogP contribution is 2.49. The van der Waals surface area contributed by atoms with E-state index < -0.39 is 12.1 Å². The van der Waals surface area contributed by atoms with Gasteiger partial charge in [-0.15, -0.1) is 0 Å². The van der Waals surface area contributed by atoms with Crippen molar-refractivity contribution in [3.63, 3.8) is 0 Å². The van der Waals surface area contributed by atoms with Crippen LogP contribution < -0.4 is 5.32 Å². The molecule has 0 radical (unpaired) electrons. The topological polar surface area (TPSA) is 82.5 Å². The van der Waals surface area contributed by atoms with Crippen molar-refractivity contribution < 1.29 is 15.0 Å². The van der Waals surface area contributed by atoms with E-state index in [0.717, 1.165) is 12.0 Å². The van der Waals surface area contributed by atoms with Gasteiger partial charge in [0.1, 0.15) is 6.10 Å². The molecule has 3 rings (SSSR count). The average Bonchev–Trinajstić information content (AvgIpc) is 3.40. The number of aliphatic hydroxyl groups excluding tert-OH is 2. The van der Waals surface area contributed by atoms with Crippen LogP contribution in [0.25, 0.3) is 0 Å². The summed E-state index contributed by atoms with van der Waals surface area (Å²) < 4.78 is 0. The Morgan fingerprint density at radius 3 is 2.79 bits per heavy atom. The fraction of sp³-hybridized carbons (Fsp3) is 0.333. The van der Waals surface area contributed by atoms with Gasteiger partial charge in [0.2, 0.25) is 5.91 Å². The third-order valence-electron chi connectivity index (χ3n) is 4.36. The summed E-state index contributed by atoms with van der Waals surface area (Å²) in [4.78, 5) is 16.4. The van der Waals surface area contributed by atoms with Gasteiger partial charge in [0.15, 0.2) is 0 Å². The molecule has 1 aromatic carbocycles. The number of aliphatic hydroxyl groups is 2. The number of hydrogen-bond donors (Lipinski definition) is 3. The van der Waals surface area contributed by atoms with E-state index in [1.165, 1.54) is 6.20 Å². The molecule has 1 aliphatic carbocycles. The summed E-state index contributed by atoms with van der Waals surface area (Å²) in [5, 5.41) is 23.2. The molecule has 24 heavy (non-hydrogen) atoms. The third-order valence-corrected chi connectivity index (χ3v) is 4.71. The molecule has 4 atom stereocenters. The second-order valence-corrected chi connectivity index (χ2v) is 6.41. The molecule has 126 valence electrons. The van der Waals surface area contributed by atoms with Gasteiger partial charge in [-0.25, -0.2) is 0 Å². The molecule has 1 saturated carbocycles. The predicted molar refractivity (Wildman–Crippen MR) is 90.5 cm³/mol. The number of nitrogens with one attached hydrogen (secondary N) is 1. The van der Waals surface area contributed by atoms with Gasteiger partial charge in [0.05, 0.1) is 12.6 Å². The first-order valence-electron chi connectivity index (χ1n) is 7.85. The number of benzene rings is 1. The molecule has 2 unspecified atom stereocenters. The van der Waals surface area contributed by atoms with E-state index in [2.05, 4.69) is 10.3 Å². The highest BCUT2D eigenvalue weighted by atomic mass is 35.5. The zero-order valence-electron chi connectivity index (χ0n) is 13.0. The van der Waals surface area contributed by atoms with Crippen molar-refractivity contribution in [3.05, 3.63) is 64.9 Å². The lowest BCUT2D eigenvalue weighted by Crippen LogP contribution is -2.42. The molecule has 0 spiro atoms. The van der Waals surface area contributed by atoms with Crippen LogP contribution in [0.4, 0.5) is 0 Å². The Morgan fingerprint density at radius 1 is 1.33 bits per heavy atom. The number of carbonyl (C=O) groups excluding carboxylic acids is 1. The Balaban J connectivity index is 1.63. The second kappa shape index (κ2) is 7.30. The number of halogens is 1.